The molecular weight excluding hydrogens is 978 g/mol. The summed E-state index contributed by atoms with van der Waals surface area (Å²) < 4.78 is 0. The maximum Gasteiger partial charge on any atom is 0.303 e. The second-order valence-electron chi connectivity index (χ2n) is 22.5. The Hall–Kier alpha value is -0.486. The molecule has 0 heterocycles. The number of hydrogen-bond acceptors (Lipinski definition) is 3. The van der Waals surface area contributed by atoms with Crippen molar-refractivity contribution in [3.8, 4) is 0 Å². The molecule has 0 aliphatic carbocycles. The van der Waals surface area contributed by atoms with Gasteiger partial charge in [-0.2, -0.15) is 0 Å². The standard InChI is InChI=1S/3C22H44O2.Y/c3*1-2-3-4-5-6-7-8-9-10-11-12-13-14-15-16-17-18-19-20-21-22(23)24;/h3*2-21H2,1H3,(H,23,24);. The van der Waals surface area contributed by atoms with Crippen LogP contribution in [0.15, 0.2) is 0 Å². The average molecular weight is 1110 g/mol. The van der Waals surface area contributed by atoms with E-state index in [0.29, 0.717) is 19.3 Å². The molecule has 6 nitrogen and oxygen atoms in total. The minimum Gasteiger partial charge on any atom is -0.481 e. The molecule has 0 saturated carbocycles. The number of unbranched alkanes of at least 4 members (excludes halogenated alkanes) is 54. The third kappa shape index (κ3) is 88.4. The number of rotatable bonds is 60. The van der Waals surface area contributed by atoms with Crippen LogP contribution < -0.4 is 0 Å². The Morgan fingerprint density at radius 2 is 0.260 bits per heavy atom. The topological polar surface area (TPSA) is 112 Å². The average Bonchev–Trinajstić information content (AvgIpc) is 3.36. The Morgan fingerprint density at radius 1 is 0.178 bits per heavy atom. The molecule has 0 bridgehead atoms. The Kier molecular flexibility index (Phi) is 82.0. The third-order valence-corrected chi connectivity index (χ3v) is 15.0. The van der Waals surface area contributed by atoms with Crippen molar-refractivity contribution in [1.29, 1.82) is 0 Å². The molecule has 0 saturated heterocycles. The van der Waals surface area contributed by atoms with Crippen LogP contribution in [0, 0.1) is 0 Å². The molecule has 0 spiro atoms. The van der Waals surface area contributed by atoms with Gasteiger partial charge in [-0.05, 0) is 19.3 Å². The molecule has 0 atom stereocenters. The first-order chi connectivity index (χ1) is 35.3. The minimum atomic E-state index is -0.651. The van der Waals surface area contributed by atoms with Crippen molar-refractivity contribution in [2.24, 2.45) is 0 Å². The van der Waals surface area contributed by atoms with Crippen LogP contribution in [0.1, 0.15) is 406 Å². The van der Waals surface area contributed by atoms with Gasteiger partial charge in [-0.3, -0.25) is 14.4 Å². The van der Waals surface area contributed by atoms with Crippen LogP contribution in [0.2, 0.25) is 0 Å². The maximum atomic E-state index is 10.4. The van der Waals surface area contributed by atoms with E-state index in [2.05, 4.69) is 20.8 Å². The summed E-state index contributed by atoms with van der Waals surface area (Å²) in [5.41, 5.74) is 0. The normalized spacial score (nSPS) is 10.9. The van der Waals surface area contributed by atoms with Crippen molar-refractivity contribution < 1.29 is 62.4 Å². The second kappa shape index (κ2) is 75.7. The van der Waals surface area contributed by atoms with Gasteiger partial charge in [-0.15, -0.1) is 0 Å². The van der Waals surface area contributed by atoms with Crippen molar-refractivity contribution in [1.82, 2.24) is 0 Å². The van der Waals surface area contributed by atoms with Crippen LogP contribution >= 0.6 is 0 Å². The van der Waals surface area contributed by atoms with Crippen molar-refractivity contribution in [2.75, 3.05) is 0 Å². The van der Waals surface area contributed by atoms with Gasteiger partial charge < -0.3 is 15.3 Å². The van der Waals surface area contributed by atoms with Crippen LogP contribution in [0.4, 0.5) is 0 Å². The predicted octanol–water partition coefficient (Wildman–Crippen LogP) is 23.7. The summed E-state index contributed by atoms with van der Waals surface area (Å²) in [6, 6.07) is 0. The quantitative estimate of drug-likeness (QED) is 0.0523. The molecule has 1 radical (unpaired) electrons. The summed E-state index contributed by atoms with van der Waals surface area (Å²) in [6.45, 7) is 6.85. The van der Waals surface area contributed by atoms with Gasteiger partial charge in [0.1, 0.15) is 0 Å². The molecule has 0 fully saturated rings. The molecule has 73 heavy (non-hydrogen) atoms. The molecule has 0 aliphatic heterocycles. The number of hydrogen-bond donors (Lipinski definition) is 3. The predicted molar refractivity (Wildman–Crippen MR) is 317 cm³/mol. The van der Waals surface area contributed by atoms with Gasteiger partial charge in [0.15, 0.2) is 0 Å². The van der Waals surface area contributed by atoms with E-state index < -0.39 is 17.9 Å². The fourth-order valence-electron chi connectivity index (χ4n) is 10.1. The molecule has 435 valence electrons. The molecule has 0 aromatic rings. The third-order valence-electron chi connectivity index (χ3n) is 15.0. The zero-order valence-electron chi connectivity index (χ0n) is 50.1. The van der Waals surface area contributed by atoms with Crippen molar-refractivity contribution >= 4 is 17.9 Å². The summed E-state index contributed by atoms with van der Waals surface area (Å²) in [6.07, 6.45) is 78.3. The number of aliphatic carboxylic acids is 3. The molecule has 7 heteroatoms. The first kappa shape index (κ1) is 79.0. The van der Waals surface area contributed by atoms with Crippen LogP contribution in [-0.2, 0) is 47.1 Å². The first-order valence-electron chi connectivity index (χ1n) is 33.0. The van der Waals surface area contributed by atoms with Gasteiger partial charge >= 0.3 is 17.9 Å². The minimum absolute atomic E-state index is 0. The monoisotopic (exact) mass is 1110 g/mol. The number of carboxylic acid groups (broad SMARTS) is 3. The van der Waals surface area contributed by atoms with Gasteiger partial charge in [0, 0.05) is 52.0 Å². The van der Waals surface area contributed by atoms with Gasteiger partial charge in [-0.1, -0.05) is 367 Å². The molecule has 3 N–H and O–H groups in total. The maximum absolute atomic E-state index is 10.4. The zero-order chi connectivity index (χ0) is 53.2. The molecule has 0 aliphatic rings. The molecule has 0 aromatic carbocycles. The van der Waals surface area contributed by atoms with Gasteiger partial charge in [0.2, 0.25) is 0 Å². The van der Waals surface area contributed by atoms with E-state index in [1.165, 1.54) is 327 Å². The van der Waals surface area contributed by atoms with Gasteiger partial charge in [-0.25, -0.2) is 0 Å². The number of carbonyl (C=O) groups is 3. The van der Waals surface area contributed by atoms with Crippen LogP contribution in [0.25, 0.3) is 0 Å². The molecule has 0 amide bonds. The smallest absolute Gasteiger partial charge is 0.303 e. The Balaban J connectivity index is -0.000000486. The van der Waals surface area contributed by atoms with E-state index >= 15 is 0 Å². The van der Waals surface area contributed by atoms with E-state index in [9.17, 15) is 14.4 Å². The van der Waals surface area contributed by atoms with E-state index in [4.69, 9.17) is 15.3 Å². The van der Waals surface area contributed by atoms with Crippen molar-refractivity contribution in [3.63, 3.8) is 0 Å². The first-order valence-corrected chi connectivity index (χ1v) is 33.0. The zero-order valence-corrected chi connectivity index (χ0v) is 52.9. The van der Waals surface area contributed by atoms with E-state index in [-0.39, 0.29) is 32.7 Å². The summed E-state index contributed by atoms with van der Waals surface area (Å²) in [5.74, 6) is -1.95. The van der Waals surface area contributed by atoms with Crippen molar-refractivity contribution in [3.05, 3.63) is 0 Å². The Bertz CT molecular complexity index is 882. The van der Waals surface area contributed by atoms with Crippen LogP contribution in [0.5, 0.6) is 0 Å². The summed E-state index contributed by atoms with van der Waals surface area (Å²) in [4.78, 5) is 31.1. The summed E-state index contributed by atoms with van der Waals surface area (Å²) in [5, 5.41) is 25.7. The fraction of sp³-hybridized carbons (Fsp3) is 0.955. The Labute approximate surface area is 483 Å². The molecular formula is C66H132O6Y. The summed E-state index contributed by atoms with van der Waals surface area (Å²) >= 11 is 0. The van der Waals surface area contributed by atoms with E-state index in [1.807, 2.05) is 0 Å². The van der Waals surface area contributed by atoms with E-state index in [0.717, 1.165) is 38.5 Å². The SMILES string of the molecule is CCCCCCCCCCCCCCCCCCCCCC(=O)O.CCCCCCCCCCCCCCCCCCCCCC(=O)O.CCCCCCCCCCCCCCCCCCCCCC(=O)O.[Y]. The second-order valence-corrected chi connectivity index (χ2v) is 22.5. The fourth-order valence-corrected chi connectivity index (χ4v) is 10.1. The van der Waals surface area contributed by atoms with Gasteiger partial charge in [0.05, 0.1) is 0 Å². The molecule has 0 aromatic heterocycles. The number of carboxylic acids is 3. The van der Waals surface area contributed by atoms with Gasteiger partial charge in [0.25, 0.3) is 0 Å². The largest absolute Gasteiger partial charge is 0.481 e. The Morgan fingerprint density at radius 3 is 0.342 bits per heavy atom. The van der Waals surface area contributed by atoms with Crippen molar-refractivity contribution in [2.45, 2.75) is 406 Å². The van der Waals surface area contributed by atoms with Crippen LogP contribution in [-0.4, -0.2) is 33.2 Å². The molecule has 0 unspecified atom stereocenters. The van der Waals surface area contributed by atoms with Crippen LogP contribution in [0.3, 0.4) is 0 Å². The summed E-state index contributed by atoms with van der Waals surface area (Å²) in [7, 11) is 0. The van der Waals surface area contributed by atoms with E-state index in [1.54, 1.807) is 0 Å². The molecule has 0 rings (SSSR count).